The van der Waals surface area contributed by atoms with E-state index in [4.69, 9.17) is 17.3 Å². The lowest BCUT2D eigenvalue weighted by molar-refractivity contribution is -0.113. The van der Waals surface area contributed by atoms with Crippen molar-refractivity contribution in [3.63, 3.8) is 0 Å². The maximum atomic E-state index is 13.0. The molecule has 21 heavy (non-hydrogen) atoms. The van der Waals surface area contributed by atoms with Crippen LogP contribution in [0.15, 0.2) is 47.4 Å². The van der Waals surface area contributed by atoms with Crippen LogP contribution in [-0.2, 0) is 15.6 Å². The normalized spacial score (nSPS) is 11.9. The third-order valence-corrected chi connectivity index (χ3v) is 4.20. The highest BCUT2D eigenvalue weighted by molar-refractivity contribution is 7.86. The molecule has 2 aromatic rings. The van der Waals surface area contributed by atoms with Crippen LogP contribution in [0.3, 0.4) is 0 Å². The fraction of sp³-hybridized carbons (Fsp3) is 0.0714. The summed E-state index contributed by atoms with van der Waals surface area (Å²) in [5, 5.41) is 2.86. The molecule has 7 heteroatoms. The quantitative estimate of drug-likeness (QED) is 0.849. The Hall–Kier alpha value is -1.92. The third kappa shape index (κ3) is 4.27. The molecule has 3 N–H and O–H groups in total. The first-order chi connectivity index (χ1) is 9.95. The van der Waals surface area contributed by atoms with Gasteiger partial charge in [-0.25, -0.2) is 4.39 Å². The van der Waals surface area contributed by atoms with E-state index in [1.54, 1.807) is 6.07 Å². The average molecular weight is 327 g/mol. The standard InChI is InChI=1S/C14H12ClFN2O2S/c15-9-4-5-12(17)13(6-9)21(20)8-14(19)18-11-3-1-2-10(16)7-11/h1-7H,8,17H2,(H,18,19). The van der Waals surface area contributed by atoms with Crippen molar-refractivity contribution in [2.45, 2.75) is 4.90 Å². The van der Waals surface area contributed by atoms with E-state index in [1.807, 2.05) is 0 Å². The number of carbonyl (C=O) groups is 1. The molecule has 2 aromatic carbocycles. The summed E-state index contributed by atoms with van der Waals surface area (Å²) in [5.74, 6) is -1.26. The number of rotatable bonds is 4. The summed E-state index contributed by atoms with van der Waals surface area (Å²) >= 11 is 5.81. The molecule has 0 aliphatic rings. The Balaban J connectivity index is 2.05. The Morgan fingerprint density at radius 1 is 1.29 bits per heavy atom. The number of nitrogens with one attached hydrogen (secondary N) is 1. The van der Waals surface area contributed by atoms with Crippen LogP contribution in [0.4, 0.5) is 15.8 Å². The zero-order valence-electron chi connectivity index (χ0n) is 10.8. The van der Waals surface area contributed by atoms with Gasteiger partial charge in [-0.1, -0.05) is 17.7 Å². The number of nitrogens with two attached hydrogens (primary N) is 1. The highest BCUT2D eigenvalue weighted by atomic mass is 35.5. The van der Waals surface area contributed by atoms with E-state index < -0.39 is 22.5 Å². The first kappa shape index (κ1) is 15.5. The molecule has 0 aliphatic carbocycles. The predicted octanol–water partition coefficient (Wildman–Crippen LogP) is 2.81. The molecule has 0 heterocycles. The number of hydrogen-bond acceptors (Lipinski definition) is 3. The molecule has 0 aromatic heterocycles. The maximum absolute atomic E-state index is 13.0. The molecule has 1 unspecified atom stereocenters. The molecule has 0 saturated carbocycles. The van der Waals surface area contributed by atoms with Crippen LogP contribution < -0.4 is 11.1 Å². The number of anilines is 2. The molecular weight excluding hydrogens is 315 g/mol. The van der Waals surface area contributed by atoms with Gasteiger partial charge < -0.3 is 11.1 Å². The summed E-state index contributed by atoms with van der Waals surface area (Å²) < 4.78 is 25.1. The molecular formula is C14H12ClFN2O2S. The predicted molar refractivity (Wildman–Crippen MR) is 82.2 cm³/mol. The van der Waals surface area contributed by atoms with Crippen LogP contribution in [0.1, 0.15) is 0 Å². The van der Waals surface area contributed by atoms with Gasteiger partial charge in [-0.15, -0.1) is 0 Å². The molecule has 0 saturated heterocycles. The van der Waals surface area contributed by atoms with Gasteiger partial charge in [0.25, 0.3) is 0 Å². The second-order valence-electron chi connectivity index (χ2n) is 4.23. The summed E-state index contributed by atoms with van der Waals surface area (Å²) in [6, 6.07) is 10.0. The highest BCUT2D eigenvalue weighted by Crippen LogP contribution is 2.21. The highest BCUT2D eigenvalue weighted by Gasteiger charge is 2.14. The fourth-order valence-corrected chi connectivity index (χ4v) is 2.96. The van der Waals surface area contributed by atoms with Crippen LogP contribution >= 0.6 is 11.6 Å². The molecule has 1 amide bonds. The lowest BCUT2D eigenvalue weighted by atomic mass is 10.3. The average Bonchev–Trinajstić information content (AvgIpc) is 2.41. The molecule has 0 spiro atoms. The Morgan fingerprint density at radius 2 is 2.05 bits per heavy atom. The van der Waals surface area contributed by atoms with Crippen LogP contribution in [0.2, 0.25) is 5.02 Å². The number of benzene rings is 2. The molecule has 0 bridgehead atoms. The van der Waals surface area contributed by atoms with Crippen molar-refractivity contribution in [2.75, 3.05) is 16.8 Å². The summed E-state index contributed by atoms with van der Waals surface area (Å²) in [6.45, 7) is 0. The van der Waals surface area contributed by atoms with Crippen molar-refractivity contribution in [1.82, 2.24) is 0 Å². The van der Waals surface area contributed by atoms with Gasteiger partial charge in [0.1, 0.15) is 11.6 Å². The second-order valence-corrected chi connectivity index (χ2v) is 6.09. The van der Waals surface area contributed by atoms with E-state index in [2.05, 4.69) is 5.32 Å². The molecule has 0 aliphatic heterocycles. The summed E-state index contributed by atoms with van der Waals surface area (Å²) in [4.78, 5) is 12.1. The van der Waals surface area contributed by atoms with Gasteiger partial charge in [-0.2, -0.15) is 0 Å². The fourth-order valence-electron chi connectivity index (χ4n) is 1.67. The van der Waals surface area contributed by atoms with Gasteiger partial charge in [-0.3, -0.25) is 9.00 Å². The van der Waals surface area contributed by atoms with Crippen LogP contribution in [0, 0.1) is 5.82 Å². The Morgan fingerprint density at radius 3 is 2.76 bits per heavy atom. The van der Waals surface area contributed by atoms with Crippen molar-refractivity contribution in [1.29, 1.82) is 0 Å². The summed E-state index contributed by atoms with van der Waals surface area (Å²) in [6.07, 6.45) is 0. The lowest BCUT2D eigenvalue weighted by Gasteiger charge is -2.07. The van der Waals surface area contributed by atoms with E-state index in [-0.39, 0.29) is 5.75 Å². The van der Waals surface area contributed by atoms with E-state index in [0.717, 1.165) is 0 Å². The molecule has 0 radical (unpaired) electrons. The van der Waals surface area contributed by atoms with E-state index in [0.29, 0.717) is 21.3 Å². The van der Waals surface area contributed by atoms with Crippen molar-refractivity contribution in [3.8, 4) is 0 Å². The van der Waals surface area contributed by atoms with Gasteiger partial charge in [-0.05, 0) is 36.4 Å². The zero-order chi connectivity index (χ0) is 15.4. The lowest BCUT2D eigenvalue weighted by Crippen LogP contribution is -2.20. The topological polar surface area (TPSA) is 72.2 Å². The van der Waals surface area contributed by atoms with Crippen LogP contribution in [-0.4, -0.2) is 15.9 Å². The Bertz CT molecular complexity index is 709. The molecule has 110 valence electrons. The largest absolute Gasteiger partial charge is 0.398 e. The van der Waals surface area contributed by atoms with E-state index in [9.17, 15) is 13.4 Å². The minimum atomic E-state index is -1.63. The molecule has 2 rings (SSSR count). The van der Waals surface area contributed by atoms with Crippen LogP contribution in [0.5, 0.6) is 0 Å². The number of halogens is 2. The van der Waals surface area contributed by atoms with Gasteiger partial charge in [0.05, 0.1) is 15.7 Å². The zero-order valence-corrected chi connectivity index (χ0v) is 12.4. The van der Waals surface area contributed by atoms with Crippen LogP contribution in [0.25, 0.3) is 0 Å². The van der Waals surface area contributed by atoms with Crippen molar-refractivity contribution >= 4 is 39.7 Å². The molecule has 0 fully saturated rings. The Kier molecular flexibility index (Phi) is 4.93. The first-order valence-electron chi connectivity index (χ1n) is 5.94. The van der Waals surface area contributed by atoms with Gasteiger partial charge in [0, 0.05) is 16.4 Å². The van der Waals surface area contributed by atoms with Crippen molar-refractivity contribution in [2.24, 2.45) is 0 Å². The second kappa shape index (κ2) is 6.69. The minimum absolute atomic E-state index is 0.291. The van der Waals surface area contributed by atoms with Gasteiger partial charge in [0.2, 0.25) is 5.91 Å². The number of hydrogen-bond donors (Lipinski definition) is 2. The number of amides is 1. The third-order valence-electron chi connectivity index (χ3n) is 2.59. The SMILES string of the molecule is Nc1ccc(Cl)cc1S(=O)CC(=O)Nc1cccc(F)c1. The van der Waals surface area contributed by atoms with Crippen molar-refractivity contribution in [3.05, 3.63) is 53.3 Å². The number of nitrogen functional groups attached to an aromatic ring is 1. The van der Waals surface area contributed by atoms with Gasteiger partial charge in [0.15, 0.2) is 0 Å². The first-order valence-corrected chi connectivity index (χ1v) is 7.64. The summed E-state index contributed by atoms with van der Waals surface area (Å²) in [5.41, 5.74) is 6.31. The van der Waals surface area contributed by atoms with Crippen molar-refractivity contribution < 1.29 is 13.4 Å². The van der Waals surface area contributed by atoms with E-state index in [1.165, 1.54) is 36.4 Å². The minimum Gasteiger partial charge on any atom is -0.398 e. The van der Waals surface area contributed by atoms with Gasteiger partial charge >= 0.3 is 0 Å². The monoisotopic (exact) mass is 326 g/mol. The Labute approximate surface area is 128 Å². The molecule has 1 atom stereocenters. The number of carbonyl (C=O) groups excluding carboxylic acids is 1. The summed E-state index contributed by atoms with van der Waals surface area (Å²) in [7, 11) is -1.63. The maximum Gasteiger partial charge on any atom is 0.237 e. The van der Waals surface area contributed by atoms with E-state index >= 15 is 0 Å². The molecule has 4 nitrogen and oxygen atoms in total. The smallest absolute Gasteiger partial charge is 0.237 e.